The molecule has 26 heavy (non-hydrogen) atoms. The summed E-state index contributed by atoms with van der Waals surface area (Å²) in [7, 11) is 0. The normalized spacial score (nSPS) is 16.4. The van der Waals surface area contributed by atoms with Crippen molar-refractivity contribution in [3.8, 4) is 11.3 Å². The van der Waals surface area contributed by atoms with E-state index in [1.807, 2.05) is 36.1 Å². The molecule has 0 aliphatic carbocycles. The molecule has 4 rings (SSSR count). The number of aryl methyl sites for hydroxylation is 1. The number of rotatable bonds is 3. The number of anilines is 1. The number of nitrogen functional groups attached to an aromatic ring is 1. The maximum atomic E-state index is 12.9. The minimum atomic E-state index is -0.0871. The molecule has 2 N–H and O–H groups in total. The Morgan fingerprint density at radius 3 is 2.81 bits per heavy atom. The molecule has 1 aromatic carbocycles. The lowest BCUT2D eigenvalue weighted by Crippen LogP contribution is -2.60. The lowest BCUT2D eigenvalue weighted by molar-refractivity contribution is -0.132. The SMILES string of the molecule is C=CC(=O)N1CC(N2Cc3ccc(-c4nc(N)ccc4C)cc3C2=O)C1. The van der Waals surface area contributed by atoms with Gasteiger partial charge >= 0.3 is 0 Å². The van der Waals surface area contributed by atoms with Gasteiger partial charge in [-0.25, -0.2) is 4.98 Å². The Morgan fingerprint density at radius 1 is 1.31 bits per heavy atom. The molecule has 0 radical (unpaired) electrons. The third-order valence-electron chi connectivity index (χ3n) is 5.12. The topological polar surface area (TPSA) is 79.5 Å². The Kier molecular flexibility index (Phi) is 3.76. The van der Waals surface area contributed by atoms with Crippen molar-refractivity contribution in [2.45, 2.75) is 19.5 Å². The van der Waals surface area contributed by atoms with Crippen LogP contribution in [-0.4, -0.2) is 45.7 Å². The highest BCUT2D eigenvalue weighted by Crippen LogP contribution is 2.32. The summed E-state index contributed by atoms with van der Waals surface area (Å²) in [5.41, 5.74) is 10.2. The Morgan fingerprint density at radius 2 is 2.08 bits per heavy atom. The predicted molar refractivity (Wildman–Crippen MR) is 99.3 cm³/mol. The summed E-state index contributed by atoms with van der Waals surface area (Å²) in [6.07, 6.45) is 1.31. The van der Waals surface area contributed by atoms with Gasteiger partial charge in [0.2, 0.25) is 5.91 Å². The van der Waals surface area contributed by atoms with Gasteiger partial charge in [0.1, 0.15) is 5.82 Å². The summed E-state index contributed by atoms with van der Waals surface area (Å²) in [5, 5.41) is 0. The van der Waals surface area contributed by atoms with Gasteiger partial charge < -0.3 is 15.5 Å². The molecule has 2 aromatic rings. The molecule has 0 saturated carbocycles. The minimum Gasteiger partial charge on any atom is -0.384 e. The number of nitrogens with two attached hydrogens (primary N) is 1. The van der Waals surface area contributed by atoms with Gasteiger partial charge in [-0.1, -0.05) is 24.8 Å². The number of hydrogen-bond donors (Lipinski definition) is 1. The molecule has 1 aromatic heterocycles. The number of aromatic nitrogens is 1. The lowest BCUT2D eigenvalue weighted by atomic mass is 10.0. The van der Waals surface area contributed by atoms with Crippen molar-refractivity contribution in [2.24, 2.45) is 0 Å². The van der Waals surface area contributed by atoms with E-state index in [9.17, 15) is 9.59 Å². The van der Waals surface area contributed by atoms with E-state index in [1.54, 1.807) is 11.0 Å². The third kappa shape index (κ3) is 2.54. The summed E-state index contributed by atoms with van der Waals surface area (Å²) in [5.74, 6) is 0.385. The van der Waals surface area contributed by atoms with Gasteiger partial charge in [0, 0.05) is 30.8 Å². The number of pyridine rings is 1. The molecule has 0 atom stereocenters. The van der Waals surface area contributed by atoms with Crippen LogP contribution in [0.4, 0.5) is 5.82 Å². The smallest absolute Gasteiger partial charge is 0.254 e. The van der Waals surface area contributed by atoms with Gasteiger partial charge in [0.05, 0.1) is 11.7 Å². The first-order valence-corrected chi connectivity index (χ1v) is 8.56. The Hall–Kier alpha value is -3.15. The lowest BCUT2D eigenvalue weighted by Gasteiger charge is -2.43. The predicted octanol–water partition coefficient (Wildman–Crippen LogP) is 1.99. The van der Waals surface area contributed by atoms with Crippen LogP contribution < -0.4 is 5.73 Å². The number of amides is 2. The van der Waals surface area contributed by atoms with Crippen LogP contribution in [0.25, 0.3) is 11.3 Å². The third-order valence-corrected chi connectivity index (χ3v) is 5.12. The van der Waals surface area contributed by atoms with E-state index < -0.39 is 0 Å². The van der Waals surface area contributed by atoms with Crippen molar-refractivity contribution in [3.63, 3.8) is 0 Å². The molecule has 6 nitrogen and oxygen atoms in total. The van der Waals surface area contributed by atoms with E-state index in [-0.39, 0.29) is 17.9 Å². The van der Waals surface area contributed by atoms with Gasteiger partial charge in [-0.05, 0) is 36.3 Å². The van der Waals surface area contributed by atoms with Gasteiger partial charge in [-0.2, -0.15) is 0 Å². The second-order valence-corrected chi connectivity index (χ2v) is 6.81. The average molecular weight is 348 g/mol. The molecule has 3 heterocycles. The first-order chi connectivity index (χ1) is 12.5. The summed E-state index contributed by atoms with van der Waals surface area (Å²) >= 11 is 0. The molecule has 6 heteroatoms. The fraction of sp³-hybridized carbons (Fsp3) is 0.250. The number of hydrogen-bond acceptors (Lipinski definition) is 4. The fourth-order valence-corrected chi connectivity index (χ4v) is 3.56. The number of carbonyl (C=O) groups excluding carboxylic acids is 2. The van der Waals surface area contributed by atoms with E-state index >= 15 is 0 Å². The van der Waals surface area contributed by atoms with Crippen LogP contribution in [0.5, 0.6) is 0 Å². The minimum absolute atomic E-state index is 0.0131. The Labute approximate surface area is 151 Å². The molecule has 2 amide bonds. The summed E-state index contributed by atoms with van der Waals surface area (Å²) < 4.78 is 0. The molecular formula is C20H20N4O2. The summed E-state index contributed by atoms with van der Waals surface area (Å²) in [4.78, 5) is 32.4. The van der Waals surface area contributed by atoms with Crippen LogP contribution in [-0.2, 0) is 11.3 Å². The first-order valence-electron chi connectivity index (χ1n) is 8.56. The maximum absolute atomic E-state index is 12.9. The Bertz CT molecular complexity index is 931. The number of nitrogens with zero attached hydrogens (tertiary/aromatic N) is 3. The number of carbonyl (C=O) groups is 2. The number of likely N-dealkylation sites (tertiary alicyclic amines) is 1. The van der Waals surface area contributed by atoms with E-state index in [0.29, 0.717) is 31.0 Å². The van der Waals surface area contributed by atoms with Crippen LogP contribution in [0.15, 0.2) is 43.0 Å². The van der Waals surface area contributed by atoms with Crippen LogP contribution >= 0.6 is 0 Å². The Balaban J connectivity index is 1.57. The molecule has 0 bridgehead atoms. The van der Waals surface area contributed by atoms with Crippen molar-refractivity contribution in [3.05, 3.63) is 59.7 Å². The first kappa shape index (κ1) is 16.3. The van der Waals surface area contributed by atoms with Gasteiger partial charge in [-0.3, -0.25) is 9.59 Å². The largest absolute Gasteiger partial charge is 0.384 e. The van der Waals surface area contributed by atoms with Crippen molar-refractivity contribution in [1.29, 1.82) is 0 Å². The highest BCUT2D eigenvalue weighted by molar-refractivity contribution is 6.00. The summed E-state index contributed by atoms with van der Waals surface area (Å²) in [6, 6.07) is 9.63. The maximum Gasteiger partial charge on any atom is 0.254 e. The van der Waals surface area contributed by atoms with Crippen molar-refractivity contribution < 1.29 is 9.59 Å². The molecule has 0 spiro atoms. The highest BCUT2D eigenvalue weighted by atomic mass is 16.2. The zero-order valence-electron chi connectivity index (χ0n) is 14.6. The second-order valence-electron chi connectivity index (χ2n) is 6.81. The molecule has 2 aliphatic heterocycles. The van der Waals surface area contributed by atoms with Gasteiger partial charge in [0.15, 0.2) is 0 Å². The van der Waals surface area contributed by atoms with Crippen molar-refractivity contribution in [2.75, 3.05) is 18.8 Å². The van der Waals surface area contributed by atoms with Crippen molar-refractivity contribution >= 4 is 17.6 Å². The highest BCUT2D eigenvalue weighted by Gasteiger charge is 2.40. The molecule has 2 aliphatic rings. The monoisotopic (exact) mass is 348 g/mol. The molecule has 0 unspecified atom stereocenters. The standard InChI is InChI=1S/C20H20N4O2/c1-3-18(25)23-10-15(11-23)24-9-14-6-5-13(8-16(14)20(24)26)19-12(2)4-7-17(21)22-19/h3-8,15H,1,9-11H2,2H3,(H2,21,22). The quantitative estimate of drug-likeness (QED) is 0.861. The number of benzene rings is 1. The molecule has 132 valence electrons. The van der Waals surface area contributed by atoms with Gasteiger partial charge in [-0.15, -0.1) is 0 Å². The van der Waals surface area contributed by atoms with Crippen LogP contribution in [0.1, 0.15) is 21.5 Å². The van der Waals surface area contributed by atoms with E-state index in [0.717, 1.165) is 22.4 Å². The van der Waals surface area contributed by atoms with Crippen LogP contribution in [0.2, 0.25) is 0 Å². The molecular weight excluding hydrogens is 328 g/mol. The fourth-order valence-electron chi connectivity index (χ4n) is 3.56. The summed E-state index contributed by atoms with van der Waals surface area (Å²) in [6.45, 7) is 7.18. The van der Waals surface area contributed by atoms with E-state index in [1.165, 1.54) is 6.08 Å². The van der Waals surface area contributed by atoms with E-state index in [2.05, 4.69) is 11.6 Å². The van der Waals surface area contributed by atoms with Crippen LogP contribution in [0.3, 0.4) is 0 Å². The molecule has 1 saturated heterocycles. The van der Waals surface area contributed by atoms with Crippen LogP contribution in [0, 0.1) is 6.92 Å². The van der Waals surface area contributed by atoms with Crippen molar-refractivity contribution in [1.82, 2.24) is 14.8 Å². The molecule has 1 fully saturated rings. The van der Waals surface area contributed by atoms with E-state index in [4.69, 9.17) is 5.73 Å². The second kappa shape index (κ2) is 5.98. The zero-order chi connectivity index (χ0) is 18.4. The zero-order valence-corrected chi connectivity index (χ0v) is 14.6. The number of fused-ring (bicyclic) bond motifs is 1. The van der Waals surface area contributed by atoms with Gasteiger partial charge in [0.25, 0.3) is 5.91 Å². The average Bonchev–Trinajstić information content (AvgIpc) is 2.92.